The molecule has 30 heavy (non-hydrogen) atoms. The lowest BCUT2D eigenvalue weighted by atomic mass is 9.97. The van der Waals surface area contributed by atoms with Gasteiger partial charge < -0.3 is 5.32 Å². The first-order chi connectivity index (χ1) is 14.5. The monoisotopic (exact) mass is 423 g/mol. The summed E-state index contributed by atoms with van der Waals surface area (Å²) in [6.07, 6.45) is 2.88. The van der Waals surface area contributed by atoms with E-state index < -0.39 is 0 Å². The summed E-state index contributed by atoms with van der Waals surface area (Å²) in [5.74, 6) is 0.474. The highest BCUT2D eigenvalue weighted by Crippen LogP contribution is 2.27. The van der Waals surface area contributed by atoms with Gasteiger partial charge in [0.2, 0.25) is 5.91 Å². The second-order valence-corrected chi connectivity index (χ2v) is 8.40. The Kier molecular flexibility index (Phi) is 7.69. The number of amides is 1. The molecule has 0 saturated carbocycles. The van der Waals surface area contributed by atoms with E-state index in [-0.39, 0.29) is 17.2 Å². The molecule has 1 atom stereocenters. The quantitative estimate of drug-likeness (QED) is 0.368. The normalized spacial score (nSPS) is 12.1. The number of thioether (sulfide) groups is 1. The largest absolute Gasteiger partial charge is 0.325 e. The zero-order valence-corrected chi connectivity index (χ0v) is 18.7. The van der Waals surface area contributed by atoms with Crippen LogP contribution in [0.15, 0.2) is 58.5 Å². The molecule has 0 aliphatic heterocycles. The third kappa shape index (κ3) is 5.11. The summed E-state index contributed by atoms with van der Waals surface area (Å²) in [5, 5.41) is 4.25. The van der Waals surface area contributed by atoms with Gasteiger partial charge in [0, 0.05) is 12.2 Å². The summed E-state index contributed by atoms with van der Waals surface area (Å²) in [5.41, 5.74) is 2.62. The van der Waals surface area contributed by atoms with Gasteiger partial charge in [-0.1, -0.05) is 69.3 Å². The van der Waals surface area contributed by atoms with Gasteiger partial charge in [0.15, 0.2) is 5.16 Å². The van der Waals surface area contributed by atoms with Gasteiger partial charge in [-0.05, 0) is 42.5 Å². The van der Waals surface area contributed by atoms with E-state index in [2.05, 4.69) is 37.1 Å². The van der Waals surface area contributed by atoms with Crippen molar-refractivity contribution in [2.45, 2.75) is 57.7 Å². The number of aromatic nitrogens is 2. The molecule has 0 aliphatic carbocycles. The molecule has 6 heteroatoms. The van der Waals surface area contributed by atoms with Crippen LogP contribution in [0.5, 0.6) is 0 Å². The predicted molar refractivity (Wildman–Crippen MR) is 125 cm³/mol. The fourth-order valence-corrected chi connectivity index (χ4v) is 4.17. The number of fused-ring (bicyclic) bond motifs is 1. The molecule has 0 spiro atoms. The second kappa shape index (κ2) is 10.4. The molecule has 1 aromatic heterocycles. The standard InChI is InChI=1S/C24H29N3O2S/c1-4-6-15-27-23(29)19-12-8-10-14-21(19)26-24(27)30-16-22(28)25-20-13-9-7-11-18(20)17(3)5-2/h7-14,17H,4-6,15-16H2,1-3H3,(H,25,28)/t17-/m0/s1. The first-order valence-corrected chi connectivity index (χ1v) is 11.5. The number of carbonyl (C=O) groups is 1. The number of nitrogens with zero attached hydrogens (tertiary/aromatic N) is 2. The SMILES string of the molecule is CCCCn1c(SCC(=O)Nc2ccccc2[C@@H](C)CC)nc2ccccc2c1=O. The predicted octanol–water partition coefficient (Wildman–Crippen LogP) is 5.44. The molecule has 158 valence electrons. The van der Waals surface area contributed by atoms with Crippen LogP contribution in [-0.2, 0) is 11.3 Å². The van der Waals surface area contributed by atoms with E-state index in [1.165, 1.54) is 11.8 Å². The first kappa shape index (κ1) is 22.1. The second-order valence-electron chi connectivity index (χ2n) is 7.46. The van der Waals surface area contributed by atoms with E-state index in [1.54, 1.807) is 10.6 Å². The van der Waals surface area contributed by atoms with E-state index >= 15 is 0 Å². The molecule has 3 aromatic rings. The van der Waals surface area contributed by atoms with Crippen LogP contribution in [0.25, 0.3) is 10.9 Å². The molecule has 1 N–H and O–H groups in total. The topological polar surface area (TPSA) is 64.0 Å². The van der Waals surface area contributed by atoms with Crippen molar-refractivity contribution in [2.24, 2.45) is 0 Å². The fourth-order valence-electron chi connectivity index (χ4n) is 3.35. The van der Waals surface area contributed by atoms with Crippen LogP contribution in [-0.4, -0.2) is 21.2 Å². The van der Waals surface area contributed by atoms with Crippen molar-refractivity contribution >= 4 is 34.3 Å². The molecule has 3 rings (SSSR count). The molecule has 5 nitrogen and oxygen atoms in total. The maximum Gasteiger partial charge on any atom is 0.262 e. The Bertz CT molecular complexity index is 1080. The Hall–Kier alpha value is -2.60. The van der Waals surface area contributed by atoms with Crippen molar-refractivity contribution in [2.75, 3.05) is 11.1 Å². The summed E-state index contributed by atoms with van der Waals surface area (Å²) in [6.45, 7) is 6.99. The molecule has 0 saturated heterocycles. The number of carbonyl (C=O) groups excluding carboxylic acids is 1. The van der Waals surface area contributed by atoms with Gasteiger partial charge in [-0.25, -0.2) is 4.98 Å². The summed E-state index contributed by atoms with van der Waals surface area (Å²) in [6, 6.07) is 15.3. The van der Waals surface area contributed by atoms with Crippen molar-refractivity contribution in [3.05, 3.63) is 64.4 Å². The van der Waals surface area contributed by atoms with Gasteiger partial charge in [0.1, 0.15) is 0 Å². The molecule has 2 aromatic carbocycles. The Morgan fingerprint density at radius 2 is 1.87 bits per heavy atom. The van der Waals surface area contributed by atoms with Gasteiger partial charge in [-0.15, -0.1) is 0 Å². The van der Waals surface area contributed by atoms with Crippen LogP contribution in [0.4, 0.5) is 5.69 Å². The highest BCUT2D eigenvalue weighted by Gasteiger charge is 2.15. The fraction of sp³-hybridized carbons (Fsp3) is 0.375. The molecule has 0 bridgehead atoms. The summed E-state index contributed by atoms with van der Waals surface area (Å²) in [4.78, 5) is 30.3. The summed E-state index contributed by atoms with van der Waals surface area (Å²) >= 11 is 1.31. The van der Waals surface area contributed by atoms with Crippen molar-refractivity contribution in [1.29, 1.82) is 0 Å². The van der Waals surface area contributed by atoms with Crippen LogP contribution in [0.1, 0.15) is 51.5 Å². The lowest BCUT2D eigenvalue weighted by Crippen LogP contribution is -2.24. The average molecular weight is 424 g/mol. The molecule has 1 amide bonds. The van der Waals surface area contributed by atoms with Gasteiger partial charge in [0.05, 0.1) is 16.7 Å². The molecular formula is C24H29N3O2S. The first-order valence-electron chi connectivity index (χ1n) is 10.6. The molecule has 0 unspecified atom stereocenters. The van der Waals surface area contributed by atoms with Crippen LogP contribution in [0.3, 0.4) is 0 Å². The Balaban J connectivity index is 1.80. The van der Waals surface area contributed by atoms with Gasteiger partial charge in [-0.2, -0.15) is 0 Å². The van der Waals surface area contributed by atoms with E-state index in [4.69, 9.17) is 0 Å². The maximum absolute atomic E-state index is 13.0. The van der Waals surface area contributed by atoms with Crippen molar-refractivity contribution < 1.29 is 4.79 Å². The smallest absolute Gasteiger partial charge is 0.262 e. The van der Waals surface area contributed by atoms with Crippen LogP contribution in [0.2, 0.25) is 0 Å². The minimum Gasteiger partial charge on any atom is -0.325 e. The van der Waals surface area contributed by atoms with Crippen LogP contribution < -0.4 is 10.9 Å². The number of anilines is 1. The summed E-state index contributed by atoms with van der Waals surface area (Å²) in [7, 11) is 0. The number of benzene rings is 2. The lowest BCUT2D eigenvalue weighted by molar-refractivity contribution is -0.113. The Labute approximate surface area is 181 Å². The van der Waals surface area contributed by atoms with Gasteiger partial charge in [0.25, 0.3) is 5.56 Å². The maximum atomic E-state index is 13.0. The van der Waals surface area contributed by atoms with Crippen LogP contribution in [0, 0.1) is 0 Å². The van der Waals surface area contributed by atoms with Crippen molar-refractivity contribution in [1.82, 2.24) is 9.55 Å². The molecule has 1 heterocycles. The van der Waals surface area contributed by atoms with E-state index in [1.807, 2.05) is 36.4 Å². The number of nitrogens with one attached hydrogen (secondary N) is 1. The van der Waals surface area contributed by atoms with E-state index in [0.29, 0.717) is 28.5 Å². The van der Waals surface area contributed by atoms with Crippen molar-refractivity contribution in [3.63, 3.8) is 0 Å². The third-order valence-electron chi connectivity index (χ3n) is 5.27. The zero-order chi connectivity index (χ0) is 21.5. The highest BCUT2D eigenvalue weighted by molar-refractivity contribution is 7.99. The number of hydrogen-bond acceptors (Lipinski definition) is 4. The number of rotatable bonds is 9. The molecular weight excluding hydrogens is 394 g/mol. The van der Waals surface area contributed by atoms with E-state index in [0.717, 1.165) is 30.5 Å². The Morgan fingerprint density at radius 1 is 1.13 bits per heavy atom. The molecule has 0 fully saturated rings. The summed E-state index contributed by atoms with van der Waals surface area (Å²) < 4.78 is 1.71. The lowest BCUT2D eigenvalue weighted by Gasteiger charge is -2.16. The number of hydrogen-bond donors (Lipinski definition) is 1. The van der Waals surface area contributed by atoms with E-state index in [9.17, 15) is 9.59 Å². The zero-order valence-electron chi connectivity index (χ0n) is 17.9. The van der Waals surface area contributed by atoms with Crippen LogP contribution >= 0.6 is 11.8 Å². The minimum atomic E-state index is -0.0970. The highest BCUT2D eigenvalue weighted by atomic mass is 32.2. The number of unbranched alkanes of at least 4 members (excludes halogenated alkanes) is 1. The van der Waals surface area contributed by atoms with Gasteiger partial charge >= 0.3 is 0 Å². The minimum absolute atomic E-state index is 0.0425. The van der Waals surface area contributed by atoms with Crippen molar-refractivity contribution in [3.8, 4) is 0 Å². The van der Waals surface area contributed by atoms with Gasteiger partial charge in [-0.3, -0.25) is 14.2 Å². The third-order valence-corrected chi connectivity index (χ3v) is 6.25. The Morgan fingerprint density at radius 3 is 2.63 bits per heavy atom. The average Bonchev–Trinajstić information content (AvgIpc) is 2.77. The number of para-hydroxylation sites is 2. The molecule has 0 radical (unpaired) electrons. The molecule has 0 aliphatic rings.